The second-order valence-electron chi connectivity index (χ2n) is 19.2. The molecular formula is C54H62N8O6S. The van der Waals surface area contributed by atoms with E-state index in [9.17, 15) is 28.8 Å². The van der Waals surface area contributed by atoms with Crippen molar-refractivity contribution >= 4 is 57.6 Å². The van der Waals surface area contributed by atoms with E-state index in [-0.39, 0.29) is 53.6 Å². The van der Waals surface area contributed by atoms with E-state index in [1.165, 1.54) is 4.57 Å². The summed E-state index contributed by atoms with van der Waals surface area (Å²) >= 11 is 1.67. The number of anilines is 1. The summed E-state index contributed by atoms with van der Waals surface area (Å²) in [4.78, 5) is 82.6. The number of imidazole rings is 1. The summed E-state index contributed by atoms with van der Waals surface area (Å²) < 4.78 is 3.06. The Kier molecular flexibility index (Phi) is 14.5. The van der Waals surface area contributed by atoms with Gasteiger partial charge in [-0.2, -0.15) is 0 Å². The number of nitrogens with zero attached hydrogens (tertiary/aromatic N) is 4. The molecule has 0 radical (unpaired) electrons. The number of imide groups is 1. The molecule has 0 aliphatic carbocycles. The molecule has 4 fully saturated rings. The number of nitrogens with one attached hydrogen (secondary N) is 4. The Hall–Kier alpha value is -6.50. The van der Waals surface area contributed by atoms with E-state index in [1.54, 1.807) is 23.0 Å². The number of carbonyl (C=O) groups excluding carboxylic acids is 5. The molecule has 360 valence electrons. The van der Waals surface area contributed by atoms with Gasteiger partial charge in [-0.05, 0) is 129 Å². The zero-order chi connectivity index (χ0) is 48.2. The number of likely N-dealkylation sites (tertiary alicyclic amines) is 2. The molecule has 15 heteroatoms. The van der Waals surface area contributed by atoms with Gasteiger partial charge in [0.25, 0.3) is 5.91 Å². The predicted octanol–water partition coefficient (Wildman–Crippen LogP) is 6.79. The van der Waals surface area contributed by atoms with E-state index in [2.05, 4.69) is 62.8 Å². The average molecular weight is 951 g/mol. The number of aromatic nitrogens is 2. The monoisotopic (exact) mass is 950 g/mol. The van der Waals surface area contributed by atoms with Crippen LogP contribution in [0.5, 0.6) is 0 Å². The minimum Gasteiger partial charge on any atom is -0.380 e. The molecule has 4 aliphatic heterocycles. The first-order valence-electron chi connectivity index (χ1n) is 24.6. The SMILES string of the molecule is Cc1ccc(NC2CNC2)cc1C(=O)NC(C)c1ccc(C#CC2CCN(C(=O)CCCCC(=O)N3CCC(c4ccc5c(c4)n(C)c(=O)n5C4CCC(=O)NC4=O)CC3)CC2)c(-c2cccs2)c1. The maximum atomic E-state index is 13.5. The molecule has 2 unspecified atom stereocenters. The normalized spacial score (nSPS) is 18.6. The predicted molar refractivity (Wildman–Crippen MR) is 269 cm³/mol. The van der Waals surface area contributed by atoms with E-state index in [1.807, 2.05) is 66.1 Å². The summed E-state index contributed by atoms with van der Waals surface area (Å²) in [6.07, 6.45) is 5.94. The molecule has 4 saturated heterocycles. The minimum atomic E-state index is -0.721. The van der Waals surface area contributed by atoms with Gasteiger partial charge in [0.05, 0.1) is 23.1 Å². The summed E-state index contributed by atoms with van der Waals surface area (Å²) in [6.45, 7) is 8.47. The smallest absolute Gasteiger partial charge is 0.329 e. The average Bonchev–Trinajstić information content (AvgIpc) is 3.97. The van der Waals surface area contributed by atoms with E-state index >= 15 is 0 Å². The number of fused-ring (bicyclic) bond motifs is 1. The van der Waals surface area contributed by atoms with Crippen LogP contribution >= 0.6 is 11.3 Å². The quantitative estimate of drug-likeness (QED) is 0.0570. The van der Waals surface area contributed by atoms with Gasteiger partial charge in [0, 0.05) is 98.8 Å². The van der Waals surface area contributed by atoms with Crippen molar-refractivity contribution < 1.29 is 24.0 Å². The first kappa shape index (κ1) is 47.6. The number of hydrogen-bond donors (Lipinski definition) is 4. The van der Waals surface area contributed by atoms with E-state index in [0.29, 0.717) is 75.4 Å². The van der Waals surface area contributed by atoms with Crippen molar-refractivity contribution in [1.29, 1.82) is 0 Å². The van der Waals surface area contributed by atoms with Crippen LogP contribution in [0.25, 0.3) is 21.5 Å². The van der Waals surface area contributed by atoms with Crippen molar-refractivity contribution in [1.82, 2.24) is 34.9 Å². The fourth-order valence-corrected chi connectivity index (χ4v) is 10.9. The van der Waals surface area contributed by atoms with Crippen LogP contribution in [0, 0.1) is 24.7 Å². The number of unbranched alkanes of at least 4 members (excludes halogenated alkanes) is 1. The Balaban J connectivity index is 0.715. The zero-order valence-corrected chi connectivity index (χ0v) is 40.6. The highest BCUT2D eigenvalue weighted by atomic mass is 32.1. The van der Waals surface area contributed by atoms with Crippen molar-refractivity contribution in [2.24, 2.45) is 13.0 Å². The van der Waals surface area contributed by atoms with Crippen molar-refractivity contribution in [2.45, 2.75) is 102 Å². The summed E-state index contributed by atoms with van der Waals surface area (Å²) in [5.74, 6) is 6.83. The molecule has 4 aliphatic rings. The van der Waals surface area contributed by atoms with Gasteiger partial charge in [-0.15, -0.1) is 11.3 Å². The van der Waals surface area contributed by atoms with Gasteiger partial charge >= 0.3 is 5.69 Å². The molecule has 69 heavy (non-hydrogen) atoms. The molecule has 5 aromatic rings. The lowest BCUT2D eigenvalue weighted by atomic mass is 9.89. The van der Waals surface area contributed by atoms with Gasteiger partial charge in [-0.1, -0.05) is 36.1 Å². The van der Waals surface area contributed by atoms with Crippen LogP contribution in [-0.4, -0.2) is 93.8 Å². The highest BCUT2D eigenvalue weighted by Crippen LogP contribution is 2.33. The molecule has 5 amide bonds. The van der Waals surface area contributed by atoms with Crippen LogP contribution < -0.4 is 27.0 Å². The second-order valence-corrected chi connectivity index (χ2v) is 20.2. The fourth-order valence-electron chi connectivity index (χ4n) is 10.2. The Morgan fingerprint density at radius 1 is 0.841 bits per heavy atom. The third-order valence-corrected chi connectivity index (χ3v) is 15.5. The van der Waals surface area contributed by atoms with Crippen LogP contribution in [0.3, 0.4) is 0 Å². The third-order valence-electron chi connectivity index (χ3n) is 14.6. The van der Waals surface area contributed by atoms with Gasteiger partial charge in [0.15, 0.2) is 0 Å². The highest BCUT2D eigenvalue weighted by Gasteiger charge is 2.32. The topological polar surface area (TPSA) is 167 Å². The van der Waals surface area contributed by atoms with Crippen LogP contribution in [0.4, 0.5) is 5.69 Å². The molecule has 0 bridgehead atoms. The molecule has 2 atom stereocenters. The number of aryl methyl sites for hydroxylation is 2. The summed E-state index contributed by atoms with van der Waals surface area (Å²) in [5.41, 5.74) is 7.78. The lowest BCUT2D eigenvalue weighted by molar-refractivity contribution is -0.136. The Bertz CT molecular complexity index is 2870. The van der Waals surface area contributed by atoms with Gasteiger partial charge < -0.3 is 25.8 Å². The van der Waals surface area contributed by atoms with Gasteiger partial charge in [-0.25, -0.2) is 4.79 Å². The van der Waals surface area contributed by atoms with Crippen molar-refractivity contribution in [3.63, 3.8) is 0 Å². The molecule has 3 aromatic carbocycles. The number of carbonyl (C=O) groups is 5. The van der Waals surface area contributed by atoms with E-state index < -0.39 is 11.9 Å². The lowest BCUT2D eigenvalue weighted by Gasteiger charge is -2.32. The Morgan fingerprint density at radius 3 is 2.23 bits per heavy atom. The largest absolute Gasteiger partial charge is 0.380 e. The Labute approximate surface area is 407 Å². The molecule has 0 spiro atoms. The molecule has 6 heterocycles. The lowest BCUT2D eigenvalue weighted by Crippen LogP contribution is -2.51. The summed E-state index contributed by atoms with van der Waals surface area (Å²) in [7, 11) is 1.70. The molecule has 14 nitrogen and oxygen atoms in total. The molecule has 9 rings (SSSR count). The summed E-state index contributed by atoms with van der Waals surface area (Å²) in [5, 5.41) is 14.4. The number of benzene rings is 3. The number of rotatable bonds is 13. The van der Waals surface area contributed by atoms with Crippen LogP contribution in [0.1, 0.15) is 122 Å². The number of amides is 5. The molecular weight excluding hydrogens is 889 g/mol. The second kappa shape index (κ2) is 21.0. The molecule has 4 N–H and O–H groups in total. The zero-order valence-electron chi connectivity index (χ0n) is 39.8. The highest BCUT2D eigenvalue weighted by molar-refractivity contribution is 7.13. The molecule has 0 saturated carbocycles. The van der Waals surface area contributed by atoms with Gasteiger partial charge in [-0.3, -0.25) is 38.4 Å². The third kappa shape index (κ3) is 10.7. The van der Waals surface area contributed by atoms with Gasteiger partial charge in [0.1, 0.15) is 6.04 Å². The van der Waals surface area contributed by atoms with Crippen molar-refractivity contribution in [2.75, 3.05) is 44.6 Å². The first-order valence-corrected chi connectivity index (χ1v) is 25.5. The van der Waals surface area contributed by atoms with Gasteiger partial charge in [0.2, 0.25) is 23.6 Å². The minimum absolute atomic E-state index is 0.103. The van der Waals surface area contributed by atoms with E-state index in [0.717, 1.165) is 82.7 Å². The van der Waals surface area contributed by atoms with Crippen LogP contribution in [0.15, 0.2) is 76.9 Å². The van der Waals surface area contributed by atoms with Crippen LogP contribution in [-0.2, 0) is 26.2 Å². The van der Waals surface area contributed by atoms with E-state index in [4.69, 9.17) is 0 Å². The summed E-state index contributed by atoms with van der Waals surface area (Å²) in [6, 6.07) is 21.7. The standard InChI is InChI=1S/C54H62N8O6S/c1-34-10-16-41(57-42-32-55-33-42)31-43(34)52(66)56-35(2)39-14-13-38(44(29-39)48-7-6-28-69-48)12-11-36-20-24-60(25-21-36)50(64)8-4-5-9-51(65)61-26-22-37(23-27-61)40-15-17-45-47(30-40)59(3)54(68)62(45)46-18-19-49(63)58-53(46)67/h6-7,10,13-17,28-31,35-37,42,46,55,57H,4-5,8-9,18-27,32-33H2,1-3H3,(H,56,66)(H,58,63,67). The fraction of sp³-hybridized carbons (Fsp3) is 0.444. The maximum absolute atomic E-state index is 13.5. The van der Waals surface area contributed by atoms with Crippen LogP contribution in [0.2, 0.25) is 0 Å². The number of thiophene rings is 1. The Morgan fingerprint density at radius 2 is 1.57 bits per heavy atom. The number of piperidine rings is 3. The number of hydrogen-bond acceptors (Lipinski definition) is 9. The van der Waals surface area contributed by atoms with Crippen molar-refractivity contribution in [3.05, 3.63) is 110 Å². The van der Waals surface area contributed by atoms with Crippen molar-refractivity contribution in [3.8, 4) is 22.3 Å². The molecule has 2 aromatic heterocycles. The maximum Gasteiger partial charge on any atom is 0.329 e. The first-order chi connectivity index (χ1) is 33.4.